The van der Waals surface area contributed by atoms with Gasteiger partial charge in [-0.2, -0.15) is 0 Å². The number of hydrogen-bond acceptors (Lipinski definition) is 6. The fraction of sp³-hybridized carbons (Fsp3) is 0.886. The molecule has 5 N–H and O–H groups in total. The summed E-state index contributed by atoms with van der Waals surface area (Å²) >= 11 is 0. The molecule has 0 bridgehead atoms. The van der Waals surface area contributed by atoms with Crippen molar-refractivity contribution in [2.45, 2.75) is 136 Å². The Morgan fingerprint density at radius 1 is 0.837 bits per heavy atom. The second-order valence-electron chi connectivity index (χ2n) is 16.8. The predicted molar refractivity (Wildman–Crippen MR) is 160 cm³/mol. The molecule has 5 aliphatic carbocycles. The number of aliphatic hydroxyl groups is 3. The van der Waals surface area contributed by atoms with Crippen molar-refractivity contribution in [1.82, 2.24) is 0 Å². The maximum absolute atomic E-state index is 12.7. The van der Waals surface area contributed by atoms with Crippen LogP contribution in [0.5, 0.6) is 0 Å². The molecule has 14 unspecified atom stereocenters. The van der Waals surface area contributed by atoms with E-state index in [4.69, 9.17) is 4.74 Å². The molecule has 6 aliphatic rings. The Kier molecular flexibility index (Phi) is 7.71. The predicted octanol–water partition coefficient (Wildman–Crippen LogP) is 5.03. The van der Waals surface area contributed by atoms with E-state index in [0.29, 0.717) is 30.1 Å². The van der Waals surface area contributed by atoms with Gasteiger partial charge in [-0.1, -0.05) is 46.3 Å². The van der Waals surface area contributed by atoms with Gasteiger partial charge in [-0.25, -0.2) is 4.79 Å². The molecule has 242 valence electrons. The van der Waals surface area contributed by atoms with Crippen molar-refractivity contribution in [3.63, 3.8) is 0 Å². The standard InChI is InChI=1S/C35H54O8/c1-18-8-14-35(31(41)42)15-10-21-20(22(35)16-18)6-7-25-33(21,4)13-11-24-32(2,3)19(9-12-34(24,25)5)17-23-26(36)27(37)28(38)29(43-23)30(39)40/h6,18-19,21-29,36-38H,7-17H2,1-5H3,(H,39,40)(H,41,42). The van der Waals surface area contributed by atoms with Crippen LogP contribution in [0, 0.1) is 57.2 Å². The van der Waals surface area contributed by atoms with Crippen molar-refractivity contribution in [3.8, 4) is 0 Å². The molecule has 0 aromatic heterocycles. The zero-order valence-corrected chi connectivity index (χ0v) is 26.7. The molecule has 5 fully saturated rings. The quantitative estimate of drug-likeness (QED) is 0.282. The molecule has 8 nitrogen and oxygen atoms in total. The number of fused-ring (bicyclic) bond motifs is 7. The average molecular weight is 603 g/mol. The molecule has 1 aliphatic heterocycles. The first kappa shape index (κ1) is 31.5. The highest BCUT2D eigenvalue weighted by Crippen LogP contribution is 2.72. The van der Waals surface area contributed by atoms with Gasteiger partial charge in [-0.05, 0) is 122 Å². The number of allylic oxidation sites excluding steroid dienone is 2. The number of carboxylic acid groups (broad SMARTS) is 2. The summed E-state index contributed by atoms with van der Waals surface area (Å²) in [6.07, 6.45) is 5.73. The lowest BCUT2D eigenvalue weighted by molar-refractivity contribution is -0.237. The van der Waals surface area contributed by atoms with Crippen molar-refractivity contribution in [2.24, 2.45) is 57.2 Å². The van der Waals surface area contributed by atoms with Crippen LogP contribution >= 0.6 is 0 Å². The van der Waals surface area contributed by atoms with Gasteiger partial charge >= 0.3 is 11.9 Å². The van der Waals surface area contributed by atoms with Crippen molar-refractivity contribution < 1.29 is 39.9 Å². The average Bonchev–Trinajstić information content (AvgIpc) is 2.93. The Hall–Kier alpha value is -1.48. The lowest BCUT2D eigenvalue weighted by atomic mass is 9.36. The fourth-order valence-corrected chi connectivity index (χ4v) is 12.3. The molecule has 4 saturated carbocycles. The van der Waals surface area contributed by atoms with Crippen molar-refractivity contribution in [1.29, 1.82) is 0 Å². The van der Waals surface area contributed by atoms with Gasteiger partial charge in [0.2, 0.25) is 0 Å². The molecule has 6 rings (SSSR count). The minimum atomic E-state index is -1.66. The van der Waals surface area contributed by atoms with Gasteiger partial charge in [0.25, 0.3) is 0 Å². The van der Waals surface area contributed by atoms with Crippen molar-refractivity contribution in [3.05, 3.63) is 11.6 Å². The SMILES string of the molecule is CC1CCC2(C(=O)O)CCC3C(=CCC4C3(C)CCC3C(C)(C)C(CC5OC(C(=O)O)C(O)C(O)C5O)CCC34C)C2C1. The van der Waals surface area contributed by atoms with Crippen molar-refractivity contribution in [2.75, 3.05) is 0 Å². The molecule has 14 atom stereocenters. The van der Waals surface area contributed by atoms with Gasteiger partial charge in [0.05, 0.1) is 11.5 Å². The molecule has 1 saturated heterocycles. The maximum Gasteiger partial charge on any atom is 0.335 e. The monoisotopic (exact) mass is 602 g/mol. The molecule has 1 heterocycles. The summed E-state index contributed by atoms with van der Waals surface area (Å²) in [7, 11) is 0. The lowest BCUT2D eigenvalue weighted by Gasteiger charge is -2.68. The van der Waals surface area contributed by atoms with E-state index >= 15 is 0 Å². The number of carbonyl (C=O) groups is 2. The molecule has 0 amide bonds. The maximum atomic E-state index is 12.7. The molecule has 43 heavy (non-hydrogen) atoms. The van der Waals surface area contributed by atoms with E-state index in [2.05, 4.69) is 40.7 Å². The first-order chi connectivity index (χ1) is 20.1. The first-order valence-electron chi connectivity index (χ1n) is 16.9. The number of aliphatic carboxylic acids is 2. The molecular weight excluding hydrogens is 548 g/mol. The van der Waals surface area contributed by atoms with Gasteiger partial charge in [0, 0.05) is 0 Å². The number of rotatable bonds is 4. The number of hydrogen-bond donors (Lipinski definition) is 5. The third-order valence-corrected chi connectivity index (χ3v) is 14.7. The zero-order valence-electron chi connectivity index (χ0n) is 26.7. The molecule has 0 radical (unpaired) electrons. The summed E-state index contributed by atoms with van der Waals surface area (Å²) in [6.45, 7) is 12.0. The van der Waals surface area contributed by atoms with E-state index in [1.165, 1.54) is 5.57 Å². The zero-order chi connectivity index (χ0) is 31.3. The van der Waals surface area contributed by atoms with E-state index in [0.717, 1.165) is 64.2 Å². The van der Waals surface area contributed by atoms with E-state index in [1.54, 1.807) is 0 Å². The summed E-state index contributed by atoms with van der Waals surface area (Å²) in [5.74, 6) is 0.375. The third-order valence-electron chi connectivity index (χ3n) is 14.7. The van der Waals surface area contributed by atoms with Gasteiger partial charge in [0.1, 0.15) is 18.3 Å². The number of ether oxygens (including phenoxy) is 1. The molecule has 8 heteroatoms. The Morgan fingerprint density at radius 2 is 1.51 bits per heavy atom. The third kappa shape index (κ3) is 4.51. The minimum Gasteiger partial charge on any atom is -0.481 e. The van der Waals surface area contributed by atoms with Gasteiger partial charge < -0.3 is 30.3 Å². The Bertz CT molecular complexity index is 1160. The Labute approximate surface area is 256 Å². The Morgan fingerprint density at radius 3 is 2.19 bits per heavy atom. The van der Waals surface area contributed by atoms with Crippen LogP contribution in [0.3, 0.4) is 0 Å². The Balaban J connectivity index is 1.25. The summed E-state index contributed by atoms with van der Waals surface area (Å²) in [6, 6.07) is 0. The van der Waals surface area contributed by atoms with Crippen LogP contribution in [-0.4, -0.2) is 68.0 Å². The molecule has 0 spiro atoms. The van der Waals surface area contributed by atoms with E-state index in [9.17, 15) is 35.1 Å². The van der Waals surface area contributed by atoms with Crippen LogP contribution in [0.2, 0.25) is 0 Å². The number of carboxylic acids is 2. The van der Waals surface area contributed by atoms with E-state index < -0.39 is 47.9 Å². The topological polar surface area (TPSA) is 145 Å². The van der Waals surface area contributed by atoms with Crippen LogP contribution < -0.4 is 0 Å². The lowest BCUT2D eigenvalue weighted by Crippen LogP contribution is -2.62. The summed E-state index contributed by atoms with van der Waals surface area (Å²) in [4.78, 5) is 24.4. The molecule has 0 aromatic carbocycles. The van der Waals surface area contributed by atoms with Gasteiger partial charge in [-0.15, -0.1) is 0 Å². The van der Waals surface area contributed by atoms with E-state index in [-0.39, 0.29) is 28.1 Å². The van der Waals surface area contributed by atoms with Crippen molar-refractivity contribution >= 4 is 11.9 Å². The minimum absolute atomic E-state index is 0.0923. The smallest absolute Gasteiger partial charge is 0.335 e. The largest absolute Gasteiger partial charge is 0.481 e. The van der Waals surface area contributed by atoms with Crippen LogP contribution in [-0.2, 0) is 14.3 Å². The normalized spacial score (nSPS) is 52.5. The number of aliphatic hydroxyl groups excluding tert-OH is 3. The summed E-state index contributed by atoms with van der Waals surface area (Å²) in [5.41, 5.74) is 1.04. The van der Waals surface area contributed by atoms with Crippen LogP contribution in [0.15, 0.2) is 11.6 Å². The van der Waals surface area contributed by atoms with E-state index in [1.807, 2.05) is 0 Å². The molecule has 0 aromatic rings. The van der Waals surface area contributed by atoms with Gasteiger partial charge in [0.15, 0.2) is 6.10 Å². The highest BCUT2D eigenvalue weighted by atomic mass is 16.6. The van der Waals surface area contributed by atoms with Crippen LogP contribution in [0.4, 0.5) is 0 Å². The van der Waals surface area contributed by atoms with Gasteiger partial charge in [-0.3, -0.25) is 4.79 Å². The second-order valence-corrected chi connectivity index (χ2v) is 16.8. The summed E-state index contributed by atoms with van der Waals surface area (Å²) in [5, 5.41) is 51.4. The van der Waals surface area contributed by atoms with Crippen LogP contribution in [0.25, 0.3) is 0 Å². The summed E-state index contributed by atoms with van der Waals surface area (Å²) < 4.78 is 5.73. The first-order valence-corrected chi connectivity index (χ1v) is 16.9. The second kappa shape index (κ2) is 10.5. The fourth-order valence-electron chi connectivity index (χ4n) is 12.3. The molecular formula is C35H54O8. The highest BCUT2D eigenvalue weighted by molar-refractivity contribution is 5.76. The van der Waals surface area contributed by atoms with Crippen LogP contribution in [0.1, 0.15) is 105 Å². The highest BCUT2D eigenvalue weighted by Gasteiger charge is 2.65.